The van der Waals surface area contributed by atoms with Crippen LogP contribution in [-0.2, 0) is 13.1 Å². The number of furan rings is 1. The van der Waals surface area contributed by atoms with E-state index in [1.807, 2.05) is 0 Å². The van der Waals surface area contributed by atoms with Crippen LogP contribution in [0.1, 0.15) is 51.2 Å². The van der Waals surface area contributed by atoms with Gasteiger partial charge in [-0.1, -0.05) is 20.8 Å². The third-order valence-electron chi connectivity index (χ3n) is 3.88. The number of hydrogen-bond donors (Lipinski definition) is 1. The maximum absolute atomic E-state index is 5.81. The Morgan fingerprint density at radius 3 is 2.58 bits per heavy atom. The molecule has 1 heterocycles. The van der Waals surface area contributed by atoms with Crippen LogP contribution in [-0.4, -0.2) is 24.5 Å². The van der Waals surface area contributed by atoms with Gasteiger partial charge in [-0.15, -0.1) is 0 Å². The van der Waals surface area contributed by atoms with E-state index in [1.165, 1.54) is 5.56 Å². The molecular weight excluding hydrogens is 236 g/mol. The van der Waals surface area contributed by atoms with Crippen LogP contribution in [0.3, 0.4) is 0 Å². The number of nitrogens with zero attached hydrogens (tertiary/aromatic N) is 1. The van der Waals surface area contributed by atoms with Crippen molar-refractivity contribution in [3.8, 4) is 0 Å². The molecule has 1 rings (SSSR count). The van der Waals surface area contributed by atoms with Crippen molar-refractivity contribution in [2.45, 2.75) is 60.2 Å². The quantitative estimate of drug-likeness (QED) is 0.729. The Balaban J connectivity index is 2.58. The second kappa shape index (κ2) is 7.71. The van der Waals surface area contributed by atoms with Gasteiger partial charge in [-0.2, -0.15) is 0 Å². The lowest BCUT2D eigenvalue weighted by atomic mass is 10.0. The van der Waals surface area contributed by atoms with Gasteiger partial charge in [0, 0.05) is 18.2 Å². The summed E-state index contributed by atoms with van der Waals surface area (Å²) in [6.07, 6.45) is 1.15. The summed E-state index contributed by atoms with van der Waals surface area (Å²) in [5.41, 5.74) is 1.31. The molecule has 0 saturated carbocycles. The fourth-order valence-corrected chi connectivity index (χ4v) is 2.14. The fraction of sp³-hybridized carbons (Fsp3) is 0.750. The van der Waals surface area contributed by atoms with Gasteiger partial charge in [-0.3, -0.25) is 4.90 Å². The first-order valence-corrected chi connectivity index (χ1v) is 7.44. The number of nitrogens with one attached hydrogen (secondary N) is 1. The van der Waals surface area contributed by atoms with E-state index in [2.05, 4.69) is 57.9 Å². The zero-order valence-electron chi connectivity index (χ0n) is 13.4. The minimum atomic E-state index is 0.580. The highest BCUT2D eigenvalue weighted by molar-refractivity contribution is 5.20. The Labute approximate surface area is 118 Å². The highest BCUT2D eigenvalue weighted by atomic mass is 16.3. The normalized spacial score (nSPS) is 13.5. The molecule has 0 aromatic carbocycles. The van der Waals surface area contributed by atoms with Crippen molar-refractivity contribution in [1.29, 1.82) is 0 Å². The fourth-order valence-electron chi connectivity index (χ4n) is 2.14. The largest absolute Gasteiger partial charge is 0.465 e. The molecule has 0 aliphatic carbocycles. The van der Waals surface area contributed by atoms with Crippen molar-refractivity contribution in [2.75, 3.05) is 13.6 Å². The predicted molar refractivity (Wildman–Crippen MR) is 81.2 cm³/mol. The number of aryl methyl sites for hydroxylation is 1. The predicted octanol–water partition coefficient (Wildman–Crippen LogP) is 3.56. The van der Waals surface area contributed by atoms with Gasteiger partial charge in [-0.05, 0) is 45.8 Å². The van der Waals surface area contributed by atoms with E-state index in [-0.39, 0.29) is 0 Å². The van der Waals surface area contributed by atoms with Gasteiger partial charge in [0.2, 0.25) is 0 Å². The number of rotatable bonds is 8. The Hall–Kier alpha value is -0.800. The molecule has 0 aliphatic rings. The Bertz CT molecular complexity index is 371. The first kappa shape index (κ1) is 16.3. The van der Waals surface area contributed by atoms with Crippen LogP contribution >= 0.6 is 0 Å². The van der Waals surface area contributed by atoms with Crippen molar-refractivity contribution in [2.24, 2.45) is 5.92 Å². The van der Waals surface area contributed by atoms with Gasteiger partial charge < -0.3 is 9.73 Å². The second-order valence-corrected chi connectivity index (χ2v) is 5.87. The summed E-state index contributed by atoms with van der Waals surface area (Å²) in [5, 5.41) is 3.38. The molecule has 0 aliphatic heterocycles. The van der Waals surface area contributed by atoms with Gasteiger partial charge in [0.25, 0.3) is 0 Å². The van der Waals surface area contributed by atoms with E-state index in [0.29, 0.717) is 12.0 Å². The summed E-state index contributed by atoms with van der Waals surface area (Å²) in [4.78, 5) is 2.39. The summed E-state index contributed by atoms with van der Waals surface area (Å²) >= 11 is 0. The van der Waals surface area contributed by atoms with Crippen LogP contribution in [0.25, 0.3) is 0 Å². The van der Waals surface area contributed by atoms with E-state index in [4.69, 9.17) is 4.42 Å². The summed E-state index contributed by atoms with van der Waals surface area (Å²) in [7, 11) is 2.19. The lowest BCUT2D eigenvalue weighted by Gasteiger charge is -2.27. The van der Waals surface area contributed by atoms with Gasteiger partial charge >= 0.3 is 0 Å². The molecule has 1 atom stereocenters. The molecule has 3 heteroatoms. The second-order valence-electron chi connectivity index (χ2n) is 5.87. The van der Waals surface area contributed by atoms with Crippen molar-refractivity contribution < 1.29 is 4.42 Å². The van der Waals surface area contributed by atoms with Gasteiger partial charge in [0.05, 0.1) is 6.54 Å². The summed E-state index contributed by atoms with van der Waals surface area (Å²) in [6, 6.07) is 2.78. The zero-order chi connectivity index (χ0) is 14.4. The number of hydrogen-bond acceptors (Lipinski definition) is 3. The monoisotopic (exact) mass is 266 g/mol. The van der Waals surface area contributed by atoms with E-state index in [1.54, 1.807) is 0 Å². The molecule has 0 amide bonds. The molecule has 1 unspecified atom stereocenters. The van der Waals surface area contributed by atoms with Crippen LogP contribution < -0.4 is 5.32 Å². The van der Waals surface area contributed by atoms with Gasteiger partial charge in [0.1, 0.15) is 11.5 Å². The molecule has 1 aromatic rings. The van der Waals surface area contributed by atoms with Crippen LogP contribution in [0.4, 0.5) is 0 Å². The summed E-state index contributed by atoms with van der Waals surface area (Å²) < 4.78 is 5.81. The smallest absolute Gasteiger partial charge is 0.118 e. The average molecular weight is 266 g/mol. The SMILES string of the molecule is CCCNCc1cc(CN(C)C(C)C(C)C)c(C)o1. The molecule has 0 saturated heterocycles. The first-order valence-electron chi connectivity index (χ1n) is 7.44. The molecule has 3 nitrogen and oxygen atoms in total. The van der Waals surface area contributed by atoms with Crippen LogP contribution in [0.2, 0.25) is 0 Å². The molecular formula is C16H30N2O. The topological polar surface area (TPSA) is 28.4 Å². The molecule has 19 heavy (non-hydrogen) atoms. The Morgan fingerprint density at radius 1 is 1.32 bits per heavy atom. The van der Waals surface area contributed by atoms with E-state index >= 15 is 0 Å². The van der Waals surface area contributed by atoms with Crippen molar-refractivity contribution >= 4 is 0 Å². The summed E-state index contributed by atoms with van der Waals surface area (Å²) in [6.45, 7) is 13.9. The zero-order valence-corrected chi connectivity index (χ0v) is 13.4. The molecule has 0 spiro atoms. The van der Waals surface area contributed by atoms with E-state index in [0.717, 1.165) is 37.6 Å². The van der Waals surface area contributed by atoms with Crippen molar-refractivity contribution in [1.82, 2.24) is 10.2 Å². The third kappa shape index (κ3) is 5.00. The lowest BCUT2D eigenvalue weighted by Crippen LogP contribution is -2.32. The Morgan fingerprint density at radius 2 is 2.00 bits per heavy atom. The standard InChI is InChI=1S/C16H30N2O/c1-7-8-17-10-16-9-15(14(5)19-16)11-18(6)13(4)12(2)3/h9,12-13,17H,7-8,10-11H2,1-6H3. The third-order valence-corrected chi connectivity index (χ3v) is 3.88. The van der Waals surface area contributed by atoms with Crippen LogP contribution in [0.15, 0.2) is 10.5 Å². The maximum Gasteiger partial charge on any atom is 0.118 e. The highest BCUT2D eigenvalue weighted by Crippen LogP contribution is 2.19. The molecule has 0 bridgehead atoms. The maximum atomic E-state index is 5.81. The van der Waals surface area contributed by atoms with Crippen molar-refractivity contribution in [3.63, 3.8) is 0 Å². The minimum absolute atomic E-state index is 0.580. The molecule has 1 aromatic heterocycles. The molecule has 0 radical (unpaired) electrons. The van der Waals surface area contributed by atoms with Crippen LogP contribution in [0, 0.1) is 12.8 Å². The van der Waals surface area contributed by atoms with E-state index in [9.17, 15) is 0 Å². The lowest BCUT2D eigenvalue weighted by molar-refractivity contribution is 0.199. The summed E-state index contributed by atoms with van der Waals surface area (Å²) in [5.74, 6) is 2.77. The van der Waals surface area contributed by atoms with Gasteiger partial charge in [-0.25, -0.2) is 0 Å². The first-order chi connectivity index (χ1) is 8.95. The Kier molecular flexibility index (Phi) is 6.59. The minimum Gasteiger partial charge on any atom is -0.465 e. The van der Waals surface area contributed by atoms with E-state index < -0.39 is 0 Å². The van der Waals surface area contributed by atoms with Crippen molar-refractivity contribution in [3.05, 3.63) is 23.2 Å². The highest BCUT2D eigenvalue weighted by Gasteiger charge is 2.16. The van der Waals surface area contributed by atoms with Crippen LogP contribution in [0.5, 0.6) is 0 Å². The average Bonchev–Trinajstić information content (AvgIpc) is 2.69. The molecule has 1 N–H and O–H groups in total. The molecule has 0 fully saturated rings. The molecule has 110 valence electrons. The van der Waals surface area contributed by atoms with Gasteiger partial charge in [0.15, 0.2) is 0 Å².